The first-order chi connectivity index (χ1) is 12.6. The maximum atomic E-state index is 12.9. The Bertz CT molecular complexity index is 830. The van der Waals surface area contributed by atoms with Gasteiger partial charge in [0, 0.05) is 13.2 Å². The van der Waals surface area contributed by atoms with Gasteiger partial charge in [0.15, 0.2) is 5.16 Å². The molecule has 1 aromatic carbocycles. The molecule has 1 atom stereocenters. The van der Waals surface area contributed by atoms with Crippen molar-refractivity contribution >= 4 is 28.6 Å². The summed E-state index contributed by atoms with van der Waals surface area (Å²) in [5.41, 5.74) is 0.552. The van der Waals surface area contributed by atoms with Crippen molar-refractivity contribution in [2.75, 3.05) is 19.5 Å². The molecule has 1 aliphatic carbocycles. The van der Waals surface area contributed by atoms with Crippen molar-refractivity contribution in [1.29, 1.82) is 0 Å². The van der Waals surface area contributed by atoms with Gasteiger partial charge in [-0.2, -0.15) is 0 Å². The van der Waals surface area contributed by atoms with Crippen molar-refractivity contribution in [1.82, 2.24) is 14.9 Å². The van der Waals surface area contributed by atoms with Crippen molar-refractivity contribution in [3.63, 3.8) is 0 Å². The highest BCUT2D eigenvalue weighted by molar-refractivity contribution is 7.99. The van der Waals surface area contributed by atoms with Crippen molar-refractivity contribution in [2.45, 2.75) is 49.8 Å². The van der Waals surface area contributed by atoms with Gasteiger partial charge in [-0.3, -0.25) is 14.2 Å². The Kier molecular flexibility index (Phi) is 6.32. The maximum absolute atomic E-state index is 12.9. The Labute approximate surface area is 157 Å². The molecule has 0 aliphatic heterocycles. The van der Waals surface area contributed by atoms with E-state index in [1.165, 1.54) is 24.6 Å². The van der Waals surface area contributed by atoms with E-state index < -0.39 is 0 Å². The smallest absolute Gasteiger partial charge is 0.262 e. The lowest BCUT2D eigenvalue weighted by Gasteiger charge is -2.19. The van der Waals surface area contributed by atoms with Crippen molar-refractivity contribution in [2.24, 2.45) is 0 Å². The number of carbonyl (C=O) groups excluding carboxylic acids is 1. The molecule has 0 spiro atoms. The number of nitrogens with zero attached hydrogens (tertiary/aromatic N) is 2. The molecule has 140 valence electrons. The summed E-state index contributed by atoms with van der Waals surface area (Å²) in [5, 5.41) is 4.21. The molecule has 0 bridgehead atoms. The monoisotopic (exact) mass is 375 g/mol. The molecule has 7 heteroatoms. The third-order valence-electron chi connectivity index (χ3n) is 4.68. The van der Waals surface area contributed by atoms with Crippen LogP contribution < -0.4 is 10.9 Å². The minimum absolute atomic E-state index is 0.00440. The molecular weight excluding hydrogens is 350 g/mol. The molecule has 1 heterocycles. The molecule has 3 rings (SSSR count). The summed E-state index contributed by atoms with van der Waals surface area (Å²) in [6, 6.07) is 7.43. The summed E-state index contributed by atoms with van der Waals surface area (Å²) in [6.07, 6.45) is 4.47. The van der Waals surface area contributed by atoms with Crippen LogP contribution in [0.4, 0.5) is 0 Å². The quantitative estimate of drug-likeness (QED) is 0.595. The first-order valence-electron chi connectivity index (χ1n) is 9.02. The van der Waals surface area contributed by atoms with E-state index in [0.717, 1.165) is 12.8 Å². The first-order valence-corrected chi connectivity index (χ1v) is 10.0. The van der Waals surface area contributed by atoms with Crippen LogP contribution in [0.25, 0.3) is 10.9 Å². The highest BCUT2D eigenvalue weighted by atomic mass is 32.2. The van der Waals surface area contributed by atoms with Crippen molar-refractivity contribution in [3.8, 4) is 0 Å². The van der Waals surface area contributed by atoms with E-state index in [1.54, 1.807) is 17.7 Å². The highest BCUT2D eigenvalue weighted by Gasteiger charge is 2.20. The van der Waals surface area contributed by atoms with Gasteiger partial charge in [-0.25, -0.2) is 4.98 Å². The topological polar surface area (TPSA) is 73.2 Å². The lowest BCUT2D eigenvalue weighted by atomic mass is 10.2. The Morgan fingerprint density at radius 3 is 2.85 bits per heavy atom. The fourth-order valence-corrected chi connectivity index (χ4v) is 4.31. The average Bonchev–Trinajstić information content (AvgIpc) is 3.13. The van der Waals surface area contributed by atoms with E-state index in [1.807, 2.05) is 25.1 Å². The number of benzene rings is 1. The average molecular weight is 375 g/mol. The lowest BCUT2D eigenvalue weighted by Crippen LogP contribution is -2.34. The second kappa shape index (κ2) is 8.68. The zero-order chi connectivity index (χ0) is 18.5. The van der Waals surface area contributed by atoms with Gasteiger partial charge in [0.05, 0.1) is 29.3 Å². The predicted octanol–water partition coefficient (Wildman–Crippen LogP) is 2.75. The minimum atomic E-state index is -0.162. The lowest BCUT2D eigenvalue weighted by molar-refractivity contribution is -0.119. The van der Waals surface area contributed by atoms with Crippen LogP contribution in [0.1, 0.15) is 38.6 Å². The molecule has 0 saturated heterocycles. The summed E-state index contributed by atoms with van der Waals surface area (Å²) >= 11 is 1.31. The van der Waals surface area contributed by atoms with Crippen LogP contribution in [0.15, 0.2) is 34.2 Å². The van der Waals surface area contributed by atoms with Crippen LogP contribution in [0.3, 0.4) is 0 Å². The SMILES string of the molecule is COC[C@H](C)n1c(SCC(=O)NC2CCCC2)nc2ccccc2c1=O. The number of fused-ring (bicyclic) bond motifs is 1. The van der Waals surface area contributed by atoms with Crippen molar-refractivity contribution < 1.29 is 9.53 Å². The normalized spacial score (nSPS) is 16.1. The molecule has 1 fully saturated rings. The second-order valence-corrected chi connectivity index (χ2v) is 7.67. The van der Waals surface area contributed by atoms with Crippen LogP contribution in [-0.4, -0.2) is 41.0 Å². The Hall–Kier alpha value is -1.86. The number of carbonyl (C=O) groups is 1. The molecular formula is C19H25N3O3S. The summed E-state index contributed by atoms with van der Waals surface area (Å²) in [7, 11) is 1.61. The van der Waals surface area contributed by atoms with E-state index in [2.05, 4.69) is 10.3 Å². The number of hydrogen-bond donors (Lipinski definition) is 1. The van der Waals surface area contributed by atoms with Gasteiger partial charge in [-0.15, -0.1) is 0 Å². The summed E-state index contributed by atoms with van der Waals surface area (Å²) < 4.78 is 6.86. The summed E-state index contributed by atoms with van der Waals surface area (Å²) in [4.78, 5) is 29.8. The van der Waals surface area contributed by atoms with E-state index in [-0.39, 0.29) is 23.3 Å². The molecule has 1 aromatic heterocycles. The predicted molar refractivity (Wildman–Crippen MR) is 104 cm³/mol. The molecule has 1 aliphatic rings. The van der Waals surface area contributed by atoms with Gasteiger partial charge < -0.3 is 10.1 Å². The molecule has 1 saturated carbocycles. The Morgan fingerprint density at radius 2 is 2.12 bits per heavy atom. The molecule has 0 radical (unpaired) electrons. The number of methoxy groups -OCH3 is 1. The molecule has 2 aromatic rings. The van der Waals surface area contributed by atoms with Gasteiger partial charge in [0.25, 0.3) is 5.56 Å². The fraction of sp³-hybridized carbons (Fsp3) is 0.526. The van der Waals surface area contributed by atoms with E-state index in [0.29, 0.717) is 28.7 Å². The van der Waals surface area contributed by atoms with E-state index in [4.69, 9.17) is 4.74 Å². The molecule has 26 heavy (non-hydrogen) atoms. The number of thioether (sulfide) groups is 1. The van der Waals surface area contributed by atoms with Gasteiger partial charge in [0.1, 0.15) is 0 Å². The number of ether oxygens (including phenoxy) is 1. The summed E-state index contributed by atoms with van der Waals surface area (Å²) in [6.45, 7) is 2.33. The number of aromatic nitrogens is 2. The first kappa shape index (κ1) is 18.9. The van der Waals surface area contributed by atoms with Gasteiger partial charge >= 0.3 is 0 Å². The number of hydrogen-bond acceptors (Lipinski definition) is 5. The third-order valence-corrected chi connectivity index (χ3v) is 5.63. The molecule has 1 amide bonds. The summed E-state index contributed by atoms with van der Waals surface area (Å²) in [5.74, 6) is 0.247. The van der Waals surface area contributed by atoms with Crippen LogP contribution in [-0.2, 0) is 9.53 Å². The standard InChI is InChI=1S/C19H25N3O3S/c1-13(11-25-2)22-18(24)15-9-5-6-10-16(15)21-19(22)26-12-17(23)20-14-7-3-4-8-14/h5-6,9-10,13-14H,3-4,7-8,11-12H2,1-2H3,(H,20,23)/t13-/m0/s1. The maximum Gasteiger partial charge on any atom is 0.262 e. The van der Waals surface area contributed by atoms with Crippen LogP contribution in [0.5, 0.6) is 0 Å². The van der Waals surface area contributed by atoms with Crippen molar-refractivity contribution in [3.05, 3.63) is 34.6 Å². The Balaban J connectivity index is 1.84. The third kappa shape index (κ3) is 4.27. The highest BCUT2D eigenvalue weighted by Crippen LogP contribution is 2.22. The number of nitrogens with one attached hydrogen (secondary N) is 1. The Morgan fingerprint density at radius 1 is 1.38 bits per heavy atom. The fourth-order valence-electron chi connectivity index (χ4n) is 3.40. The van der Waals surface area contributed by atoms with Gasteiger partial charge in [-0.05, 0) is 31.9 Å². The second-order valence-electron chi connectivity index (χ2n) is 6.73. The van der Waals surface area contributed by atoms with E-state index in [9.17, 15) is 9.59 Å². The number of amides is 1. The van der Waals surface area contributed by atoms with Crippen LogP contribution in [0.2, 0.25) is 0 Å². The molecule has 1 N–H and O–H groups in total. The number of rotatable bonds is 7. The van der Waals surface area contributed by atoms with Gasteiger partial charge in [-0.1, -0.05) is 36.7 Å². The molecule has 6 nitrogen and oxygen atoms in total. The zero-order valence-corrected chi connectivity index (χ0v) is 16.1. The van der Waals surface area contributed by atoms with Crippen LogP contribution in [0, 0.1) is 0 Å². The van der Waals surface area contributed by atoms with Crippen LogP contribution >= 0.6 is 11.8 Å². The minimum Gasteiger partial charge on any atom is -0.383 e. The molecule has 0 unspecified atom stereocenters. The van der Waals surface area contributed by atoms with Gasteiger partial charge in [0.2, 0.25) is 5.91 Å². The van der Waals surface area contributed by atoms with E-state index >= 15 is 0 Å². The zero-order valence-electron chi connectivity index (χ0n) is 15.2. The largest absolute Gasteiger partial charge is 0.383 e. The number of para-hydroxylation sites is 1.